The molecule has 1 rings (SSSR count). The zero-order valence-electron chi connectivity index (χ0n) is 5.28. The maximum Gasteiger partial charge on any atom is 0.293 e. The molecule has 0 unspecified atom stereocenters. The lowest BCUT2D eigenvalue weighted by Crippen LogP contribution is -1.97. The Labute approximate surface area is 57.4 Å². The van der Waals surface area contributed by atoms with Gasteiger partial charge in [-0.1, -0.05) is 0 Å². The van der Waals surface area contributed by atoms with Gasteiger partial charge in [-0.25, -0.2) is 4.98 Å². The largest absolute Gasteiger partial charge is 0.467 e. The topological polar surface area (TPSA) is 67.9 Å². The smallest absolute Gasteiger partial charge is 0.293 e. The molecule has 1 aromatic heterocycles. The minimum atomic E-state index is 0.335. The van der Waals surface area contributed by atoms with E-state index >= 15 is 0 Å². The van der Waals surface area contributed by atoms with Crippen LogP contribution < -0.4 is 0 Å². The molecule has 0 aromatic carbocycles. The van der Waals surface area contributed by atoms with Crippen molar-refractivity contribution >= 4 is 6.47 Å². The molecule has 1 aromatic rings. The molecule has 0 atom stereocenters. The lowest BCUT2D eigenvalue weighted by Gasteiger charge is -1.91. The molecule has 0 aliphatic rings. The second-order valence-corrected chi connectivity index (χ2v) is 1.63. The van der Waals surface area contributed by atoms with Gasteiger partial charge >= 0.3 is 0 Å². The SMILES string of the molecule is O=COCCc1nc[nH]n1. The zero-order chi connectivity index (χ0) is 7.23. The lowest BCUT2D eigenvalue weighted by molar-refractivity contribution is -0.128. The van der Waals surface area contributed by atoms with Crippen LogP contribution in [0, 0.1) is 0 Å². The summed E-state index contributed by atoms with van der Waals surface area (Å²) in [5, 5.41) is 6.31. The van der Waals surface area contributed by atoms with Crippen LogP contribution in [-0.4, -0.2) is 28.3 Å². The van der Waals surface area contributed by atoms with Gasteiger partial charge in [0, 0.05) is 6.42 Å². The first kappa shape index (κ1) is 6.73. The van der Waals surface area contributed by atoms with Crippen LogP contribution in [0.3, 0.4) is 0 Å². The molecule has 0 aliphatic carbocycles. The maximum absolute atomic E-state index is 9.66. The van der Waals surface area contributed by atoms with Crippen molar-refractivity contribution < 1.29 is 9.53 Å². The quantitative estimate of drug-likeness (QED) is 0.454. The Morgan fingerprint density at radius 2 is 2.70 bits per heavy atom. The summed E-state index contributed by atoms with van der Waals surface area (Å²) in [7, 11) is 0. The van der Waals surface area contributed by atoms with Gasteiger partial charge in [-0.15, -0.1) is 0 Å². The Bertz CT molecular complexity index is 185. The molecular weight excluding hydrogens is 134 g/mol. The van der Waals surface area contributed by atoms with Crippen LogP contribution >= 0.6 is 0 Å². The monoisotopic (exact) mass is 141 g/mol. The molecule has 0 bridgehead atoms. The maximum atomic E-state index is 9.66. The number of aromatic nitrogens is 3. The van der Waals surface area contributed by atoms with E-state index in [1.165, 1.54) is 6.33 Å². The molecule has 0 spiro atoms. The highest BCUT2D eigenvalue weighted by Crippen LogP contribution is 1.86. The first-order valence-corrected chi connectivity index (χ1v) is 2.83. The van der Waals surface area contributed by atoms with Crippen LogP contribution in [0.5, 0.6) is 0 Å². The summed E-state index contributed by atoms with van der Waals surface area (Å²) in [6.45, 7) is 0.744. The van der Waals surface area contributed by atoms with Crippen molar-refractivity contribution in [2.45, 2.75) is 6.42 Å². The van der Waals surface area contributed by atoms with Gasteiger partial charge in [0.1, 0.15) is 6.33 Å². The summed E-state index contributed by atoms with van der Waals surface area (Å²) >= 11 is 0. The van der Waals surface area contributed by atoms with Crippen molar-refractivity contribution in [2.75, 3.05) is 6.61 Å². The van der Waals surface area contributed by atoms with E-state index < -0.39 is 0 Å². The van der Waals surface area contributed by atoms with Crippen LogP contribution in [0.25, 0.3) is 0 Å². The average molecular weight is 141 g/mol. The summed E-state index contributed by atoms with van der Waals surface area (Å²) in [4.78, 5) is 13.5. The summed E-state index contributed by atoms with van der Waals surface area (Å²) in [5.41, 5.74) is 0. The number of hydrogen-bond donors (Lipinski definition) is 1. The summed E-state index contributed by atoms with van der Waals surface area (Å²) in [6, 6.07) is 0. The summed E-state index contributed by atoms with van der Waals surface area (Å²) in [6.07, 6.45) is 2.04. The number of H-pyrrole nitrogens is 1. The predicted octanol–water partition coefficient (Wildman–Crippen LogP) is -0.480. The number of carbonyl (C=O) groups excluding carboxylic acids is 1. The van der Waals surface area contributed by atoms with Crippen LogP contribution in [0.4, 0.5) is 0 Å². The van der Waals surface area contributed by atoms with Crippen molar-refractivity contribution in [3.05, 3.63) is 12.2 Å². The summed E-state index contributed by atoms with van der Waals surface area (Å²) < 4.78 is 4.43. The fourth-order valence-corrected chi connectivity index (χ4v) is 0.554. The van der Waals surface area contributed by atoms with E-state index in [0.717, 1.165) is 0 Å². The first-order chi connectivity index (χ1) is 4.93. The van der Waals surface area contributed by atoms with E-state index in [2.05, 4.69) is 19.9 Å². The van der Waals surface area contributed by atoms with E-state index in [0.29, 0.717) is 25.3 Å². The Morgan fingerprint density at radius 3 is 3.30 bits per heavy atom. The fourth-order valence-electron chi connectivity index (χ4n) is 0.554. The van der Waals surface area contributed by atoms with Crippen LogP contribution in [-0.2, 0) is 16.0 Å². The third-order valence-electron chi connectivity index (χ3n) is 0.976. The number of hydrogen-bond acceptors (Lipinski definition) is 4. The number of aromatic amines is 1. The molecule has 5 nitrogen and oxygen atoms in total. The van der Waals surface area contributed by atoms with Gasteiger partial charge in [0.2, 0.25) is 0 Å². The standard InChI is InChI=1S/C5H7N3O2/c9-4-10-2-1-5-6-3-7-8-5/h3-4H,1-2H2,(H,6,7,8). The van der Waals surface area contributed by atoms with E-state index in [9.17, 15) is 4.79 Å². The molecule has 0 amide bonds. The Balaban J connectivity index is 2.21. The second-order valence-electron chi connectivity index (χ2n) is 1.63. The number of ether oxygens (including phenoxy) is 1. The second kappa shape index (κ2) is 3.60. The lowest BCUT2D eigenvalue weighted by atomic mass is 10.4. The van der Waals surface area contributed by atoms with Gasteiger partial charge in [0.25, 0.3) is 6.47 Å². The number of carbonyl (C=O) groups is 1. The van der Waals surface area contributed by atoms with Crippen molar-refractivity contribution in [1.82, 2.24) is 15.2 Å². The predicted molar refractivity (Wildman–Crippen MR) is 32.1 cm³/mol. The van der Waals surface area contributed by atoms with E-state index in [1.807, 2.05) is 0 Å². The molecule has 10 heavy (non-hydrogen) atoms. The van der Waals surface area contributed by atoms with Gasteiger partial charge in [-0.2, -0.15) is 5.10 Å². The average Bonchev–Trinajstić information content (AvgIpc) is 2.41. The zero-order valence-corrected chi connectivity index (χ0v) is 5.28. The highest BCUT2D eigenvalue weighted by molar-refractivity contribution is 5.36. The normalized spacial score (nSPS) is 9.20. The van der Waals surface area contributed by atoms with E-state index in [4.69, 9.17) is 0 Å². The fraction of sp³-hybridized carbons (Fsp3) is 0.400. The molecule has 1 heterocycles. The first-order valence-electron chi connectivity index (χ1n) is 2.83. The summed E-state index contributed by atoms with van der Waals surface area (Å²) in [5.74, 6) is 0.654. The highest BCUT2D eigenvalue weighted by Gasteiger charge is 1.94. The van der Waals surface area contributed by atoms with Crippen molar-refractivity contribution in [1.29, 1.82) is 0 Å². The molecule has 5 heteroatoms. The molecule has 0 saturated heterocycles. The van der Waals surface area contributed by atoms with E-state index in [1.54, 1.807) is 0 Å². The van der Waals surface area contributed by atoms with Crippen LogP contribution in [0.15, 0.2) is 6.33 Å². The van der Waals surface area contributed by atoms with Crippen LogP contribution in [0.2, 0.25) is 0 Å². The minimum absolute atomic E-state index is 0.335. The van der Waals surface area contributed by atoms with Gasteiger partial charge in [0.05, 0.1) is 6.61 Å². The number of rotatable bonds is 4. The number of nitrogens with one attached hydrogen (secondary N) is 1. The third-order valence-corrected chi connectivity index (χ3v) is 0.976. The molecule has 0 aliphatic heterocycles. The van der Waals surface area contributed by atoms with Crippen LogP contribution in [0.1, 0.15) is 5.82 Å². The van der Waals surface area contributed by atoms with Crippen molar-refractivity contribution in [3.8, 4) is 0 Å². The number of nitrogens with zero attached hydrogens (tertiary/aromatic N) is 2. The van der Waals surface area contributed by atoms with Gasteiger partial charge in [-0.3, -0.25) is 9.89 Å². The Morgan fingerprint density at radius 1 is 1.80 bits per heavy atom. The Kier molecular flexibility index (Phi) is 2.42. The van der Waals surface area contributed by atoms with Gasteiger partial charge in [-0.05, 0) is 0 Å². The third kappa shape index (κ3) is 1.85. The molecular formula is C5H7N3O2. The van der Waals surface area contributed by atoms with Crippen molar-refractivity contribution in [2.24, 2.45) is 0 Å². The molecule has 54 valence electrons. The molecule has 0 fully saturated rings. The van der Waals surface area contributed by atoms with Crippen molar-refractivity contribution in [3.63, 3.8) is 0 Å². The molecule has 0 saturated carbocycles. The van der Waals surface area contributed by atoms with E-state index in [-0.39, 0.29) is 0 Å². The Hall–Kier alpha value is -1.39. The highest BCUT2D eigenvalue weighted by atomic mass is 16.5. The van der Waals surface area contributed by atoms with Gasteiger partial charge in [0.15, 0.2) is 5.82 Å². The minimum Gasteiger partial charge on any atom is -0.467 e. The molecule has 1 N–H and O–H groups in total. The molecule has 0 radical (unpaired) electrons. The van der Waals surface area contributed by atoms with Gasteiger partial charge < -0.3 is 4.74 Å².